The summed E-state index contributed by atoms with van der Waals surface area (Å²) in [4.78, 5) is 23.1. The highest BCUT2D eigenvalue weighted by atomic mass is 32.2. The van der Waals surface area contributed by atoms with E-state index in [1.807, 2.05) is 0 Å². The predicted molar refractivity (Wildman–Crippen MR) is 95.8 cm³/mol. The third kappa shape index (κ3) is 4.93. The standard InChI is InChI=1S/C17H21N3O5S/c1-12(16-5-4-10-25-16)18-17(22)11-20(3)26(23,24)15-8-6-14(7-9-15)19-13(2)21/h4-10,12H,11H2,1-3H3,(H,18,22)(H,19,21)/t12-/m1/s1. The zero-order chi connectivity index (χ0) is 19.3. The Morgan fingerprint density at radius 1 is 1.19 bits per heavy atom. The molecule has 0 fully saturated rings. The Morgan fingerprint density at radius 3 is 2.38 bits per heavy atom. The normalized spacial score (nSPS) is 12.6. The molecule has 0 radical (unpaired) electrons. The molecule has 2 rings (SSSR count). The van der Waals surface area contributed by atoms with Gasteiger partial charge < -0.3 is 15.1 Å². The van der Waals surface area contributed by atoms with Gasteiger partial charge in [-0.05, 0) is 43.3 Å². The Balaban J connectivity index is 2.01. The van der Waals surface area contributed by atoms with Crippen LogP contribution in [0.25, 0.3) is 0 Å². The van der Waals surface area contributed by atoms with Crippen molar-refractivity contribution in [1.29, 1.82) is 0 Å². The van der Waals surface area contributed by atoms with Crippen molar-refractivity contribution in [2.75, 3.05) is 18.9 Å². The van der Waals surface area contributed by atoms with Crippen LogP contribution in [0.2, 0.25) is 0 Å². The van der Waals surface area contributed by atoms with Gasteiger partial charge in [0.05, 0.1) is 23.7 Å². The summed E-state index contributed by atoms with van der Waals surface area (Å²) in [5.41, 5.74) is 0.490. The highest BCUT2D eigenvalue weighted by Crippen LogP contribution is 2.18. The van der Waals surface area contributed by atoms with Gasteiger partial charge in [-0.25, -0.2) is 8.42 Å². The van der Waals surface area contributed by atoms with Crippen molar-refractivity contribution in [3.8, 4) is 0 Å². The van der Waals surface area contributed by atoms with Crippen LogP contribution >= 0.6 is 0 Å². The molecule has 1 heterocycles. The number of amides is 2. The average Bonchev–Trinajstić information content (AvgIpc) is 3.09. The molecule has 1 atom stereocenters. The van der Waals surface area contributed by atoms with Crippen LogP contribution < -0.4 is 10.6 Å². The minimum absolute atomic E-state index is 0.0287. The number of likely N-dealkylation sites (N-methyl/N-ethyl adjacent to an activating group) is 1. The number of carbonyl (C=O) groups is 2. The monoisotopic (exact) mass is 379 g/mol. The van der Waals surface area contributed by atoms with E-state index in [9.17, 15) is 18.0 Å². The molecule has 140 valence electrons. The van der Waals surface area contributed by atoms with Crippen molar-refractivity contribution in [3.63, 3.8) is 0 Å². The van der Waals surface area contributed by atoms with E-state index in [-0.39, 0.29) is 23.4 Å². The van der Waals surface area contributed by atoms with E-state index in [0.29, 0.717) is 11.4 Å². The van der Waals surface area contributed by atoms with Crippen molar-refractivity contribution in [2.45, 2.75) is 24.8 Å². The van der Waals surface area contributed by atoms with Gasteiger partial charge in [-0.2, -0.15) is 4.31 Å². The van der Waals surface area contributed by atoms with Crippen molar-refractivity contribution < 1.29 is 22.4 Å². The molecule has 0 aliphatic heterocycles. The lowest BCUT2D eigenvalue weighted by atomic mass is 10.2. The predicted octanol–water partition coefficient (Wildman–Crippen LogP) is 1.74. The lowest BCUT2D eigenvalue weighted by molar-refractivity contribution is -0.122. The number of hydrogen-bond acceptors (Lipinski definition) is 5. The fraction of sp³-hybridized carbons (Fsp3) is 0.294. The van der Waals surface area contributed by atoms with Gasteiger partial charge in [0.2, 0.25) is 21.8 Å². The largest absolute Gasteiger partial charge is 0.467 e. The van der Waals surface area contributed by atoms with Gasteiger partial charge in [0, 0.05) is 19.7 Å². The lowest BCUT2D eigenvalue weighted by Gasteiger charge is -2.18. The second kappa shape index (κ2) is 8.15. The summed E-state index contributed by atoms with van der Waals surface area (Å²) < 4.78 is 31.3. The number of nitrogens with zero attached hydrogens (tertiary/aromatic N) is 1. The Labute approximate surface area is 152 Å². The number of anilines is 1. The average molecular weight is 379 g/mol. The number of furan rings is 1. The number of nitrogens with one attached hydrogen (secondary N) is 2. The van der Waals surface area contributed by atoms with Crippen molar-refractivity contribution >= 4 is 27.5 Å². The molecule has 2 N–H and O–H groups in total. The third-order valence-electron chi connectivity index (χ3n) is 3.60. The van der Waals surface area contributed by atoms with E-state index in [1.54, 1.807) is 19.1 Å². The molecule has 0 unspecified atom stereocenters. The first kappa shape index (κ1) is 19.7. The van der Waals surface area contributed by atoms with Crippen LogP contribution in [-0.2, 0) is 19.6 Å². The van der Waals surface area contributed by atoms with Gasteiger partial charge in [0.1, 0.15) is 5.76 Å². The quantitative estimate of drug-likeness (QED) is 0.762. The van der Waals surface area contributed by atoms with E-state index in [2.05, 4.69) is 10.6 Å². The lowest BCUT2D eigenvalue weighted by Crippen LogP contribution is -2.39. The van der Waals surface area contributed by atoms with Gasteiger partial charge in [0.25, 0.3) is 0 Å². The number of sulfonamides is 1. The Morgan fingerprint density at radius 2 is 1.85 bits per heavy atom. The van der Waals surface area contributed by atoms with Gasteiger partial charge >= 0.3 is 0 Å². The molecular formula is C17H21N3O5S. The van der Waals surface area contributed by atoms with Gasteiger partial charge in [-0.15, -0.1) is 0 Å². The Bertz CT molecular complexity index is 860. The maximum Gasteiger partial charge on any atom is 0.243 e. The molecule has 1 aromatic heterocycles. The van der Waals surface area contributed by atoms with Crippen LogP contribution in [0.1, 0.15) is 25.6 Å². The highest BCUT2D eigenvalue weighted by Gasteiger charge is 2.24. The van der Waals surface area contributed by atoms with E-state index >= 15 is 0 Å². The topological polar surface area (TPSA) is 109 Å². The summed E-state index contributed by atoms with van der Waals surface area (Å²) in [6.07, 6.45) is 1.50. The van der Waals surface area contributed by atoms with Crippen LogP contribution in [0.3, 0.4) is 0 Å². The zero-order valence-corrected chi connectivity index (χ0v) is 15.5. The molecule has 0 aliphatic carbocycles. The summed E-state index contributed by atoms with van der Waals surface area (Å²) in [6.45, 7) is 2.77. The molecule has 1 aromatic carbocycles. The molecule has 0 saturated carbocycles. The molecule has 0 spiro atoms. The maximum atomic E-state index is 12.6. The van der Waals surface area contributed by atoms with E-state index in [4.69, 9.17) is 4.42 Å². The molecule has 0 aliphatic rings. The van der Waals surface area contributed by atoms with E-state index in [0.717, 1.165) is 4.31 Å². The Kier molecular flexibility index (Phi) is 6.17. The van der Waals surface area contributed by atoms with Crippen molar-refractivity contribution in [1.82, 2.24) is 9.62 Å². The molecule has 0 bridgehead atoms. The minimum Gasteiger partial charge on any atom is -0.467 e. The molecule has 0 saturated heterocycles. The number of hydrogen-bond donors (Lipinski definition) is 2. The van der Waals surface area contributed by atoms with Crippen LogP contribution in [-0.4, -0.2) is 38.1 Å². The number of carbonyl (C=O) groups excluding carboxylic acids is 2. The van der Waals surface area contributed by atoms with Crippen molar-refractivity contribution in [3.05, 3.63) is 48.4 Å². The molecule has 26 heavy (non-hydrogen) atoms. The fourth-order valence-corrected chi connectivity index (χ4v) is 3.40. The molecular weight excluding hydrogens is 358 g/mol. The van der Waals surface area contributed by atoms with Crippen LogP contribution in [0, 0.1) is 0 Å². The zero-order valence-electron chi connectivity index (χ0n) is 14.7. The molecule has 9 heteroatoms. The first-order valence-electron chi connectivity index (χ1n) is 7.87. The number of rotatable bonds is 7. The first-order chi connectivity index (χ1) is 12.2. The number of benzene rings is 1. The molecule has 2 aromatic rings. The van der Waals surface area contributed by atoms with Gasteiger partial charge in [-0.1, -0.05) is 0 Å². The van der Waals surface area contributed by atoms with Crippen LogP contribution in [0.4, 0.5) is 5.69 Å². The van der Waals surface area contributed by atoms with Crippen molar-refractivity contribution in [2.24, 2.45) is 0 Å². The summed E-state index contributed by atoms with van der Waals surface area (Å²) in [7, 11) is -2.50. The van der Waals surface area contributed by atoms with E-state index < -0.39 is 15.9 Å². The second-order valence-electron chi connectivity index (χ2n) is 5.77. The minimum atomic E-state index is -3.83. The van der Waals surface area contributed by atoms with Gasteiger partial charge in [-0.3, -0.25) is 9.59 Å². The first-order valence-corrected chi connectivity index (χ1v) is 9.31. The summed E-state index contributed by atoms with van der Waals surface area (Å²) in [5.74, 6) is -0.118. The SMILES string of the molecule is CC(=O)Nc1ccc(S(=O)(=O)N(C)CC(=O)N[C@H](C)c2ccco2)cc1. The molecule has 2 amide bonds. The van der Waals surface area contributed by atoms with Crippen LogP contribution in [0.5, 0.6) is 0 Å². The van der Waals surface area contributed by atoms with E-state index in [1.165, 1.54) is 44.5 Å². The third-order valence-corrected chi connectivity index (χ3v) is 5.41. The smallest absolute Gasteiger partial charge is 0.243 e. The summed E-state index contributed by atoms with van der Waals surface area (Å²) in [5, 5.41) is 5.24. The summed E-state index contributed by atoms with van der Waals surface area (Å²) >= 11 is 0. The highest BCUT2D eigenvalue weighted by molar-refractivity contribution is 7.89. The summed E-state index contributed by atoms with van der Waals surface area (Å²) in [6, 6.07) is 8.79. The van der Waals surface area contributed by atoms with Gasteiger partial charge in [0.15, 0.2) is 0 Å². The maximum absolute atomic E-state index is 12.6. The second-order valence-corrected chi connectivity index (χ2v) is 7.82. The Hall–Kier alpha value is -2.65. The van der Waals surface area contributed by atoms with Crippen LogP contribution in [0.15, 0.2) is 52.0 Å². The fourth-order valence-electron chi connectivity index (χ4n) is 2.28. The molecule has 8 nitrogen and oxygen atoms in total.